The molecule has 19 heavy (non-hydrogen) atoms. The van der Waals surface area contributed by atoms with Crippen LogP contribution in [-0.4, -0.2) is 10.7 Å². The highest BCUT2D eigenvalue weighted by Crippen LogP contribution is 2.34. The van der Waals surface area contributed by atoms with E-state index in [2.05, 4.69) is 52.3 Å². The highest BCUT2D eigenvalue weighted by molar-refractivity contribution is 7.17. The predicted molar refractivity (Wildman–Crippen MR) is 79.5 cm³/mol. The highest BCUT2D eigenvalue weighted by atomic mass is 32.1. The first-order chi connectivity index (χ1) is 9.40. The van der Waals surface area contributed by atoms with Crippen LogP contribution < -0.4 is 0 Å². The molecule has 2 nitrogen and oxygen atoms in total. The minimum atomic E-state index is 0.186. The summed E-state index contributed by atoms with van der Waals surface area (Å²) in [4.78, 5) is 9.06. The Morgan fingerprint density at radius 3 is 3.37 bits per heavy atom. The smallest absolute Gasteiger partial charge is 0.126 e. The first kappa shape index (κ1) is 11.1. The summed E-state index contributed by atoms with van der Waals surface area (Å²) < 4.78 is 1.24. The van der Waals surface area contributed by atoms with Crippen molar-refractivity contribution in [1.29, 1.82) is 0 Å². The van der Waals surface area contributed by atoms with Gasteiger partial charge in [0.15, 0.2) is 0 Å². The molecule has 0 spiro atoms. The number of aromatic nitrogens is 1. The van der Waals surface area contributed by atoms with E-state index in [-0.39, 0.29) is 5.92 Å². The average molecular weight is 264 g/mol. The van der Waals surface area contributed by atoms with Crippen LogP contribution in [0.4, 0.5) is 0 Å². The van der Waals surface area contributed by atoms with Crippen LogP contribution in [0, 0.1) is 6.54 Å². The molecule has 0 aromatic carbocycles. The number of aliphatic imine (C=N–C) groups is 1. The van der Waals surface area contributed by atoms with Crippen LogP contribution in [-0.2, 0) is 0 Å². The van der Waals surface area contributed by atoms with Gasteiger partial charge in [-0.1, -0.05) is 18.2 Å². The average Bonchev–Trinajstić information content (AvgIpc) is 2.94. The zero-order valence-corrected chi connectivity index (χ0v) is 11.2. The van der Waals surface area contributed by atoms with Crippen LogP contribution in [0.2, 0.25) is 0 Å². The molecular weight excluding hydrogens is 252 g/mol. The highest BCUT2D eigenvalue weighted by Gasteiger charge is 2.24. The summed E-state index contributed by atoms with van der Waals surface area (Å²) in [5.41, 5.74) is 3.57. The van der Waals surface area contributed by atoms with Gasteiger partial charge in [0.05, 0.1) is 4.70 Å². The summed E-state index contributed by atoms with van der Waals surface area (Å²) in [6, 6.07) is 4.31. The van der Waals surface area contributed by atoms with Gasteiger partial charge >= 0.3 is 0 Å². The topological polar surface area (TPSA) is 25.2 Å². The van der Waals surface area contributed by atoms with Crippen LogP contribution in [0.15, 0.2) is 52.5 Å². The van der Waals surface area contributed by atoms with Crippen molar-refractivity contribution in [2.45, 2.75) is 18.8 Å². The fourth-order valence-corrected chi connectivity index (χ4v) is 3.30. The molecule has 3 heteroatoms. The summed E-state index contributed by atoms with van der Waals surface area (Å²) in [6.07, 6.45) is 10.3. The first-order valence-corrected chi connectivity index (χ1v) is 7.29. The Bertz CT molecular complexity index is 721. The number of thiophene rings is 1. The molecule has 2 aliphatic rings. The second kappa shape index (κ2) is 4.42. The molecule has 0 saturated carbocycles. The van der Waals surface area contributed by atoms with E-state index < -0.39 is 0 Å². The predicted octanol–water partition coefficient (Wildman–Crippen LogP) is 4.15. The van der Waals surface area contributed by atoms with Crippen LogP contribution in [0.1, 0.15) is 24.5 Å². The largest absolute Gasteiger partial charge is 0.276 e. The molecule has 0 amide bonds. The fourth-order valence-electron chi connectivity index (χ4n) is 2.56. The van der Waals surface area contributed by atoms with Crippen molar-refractivity contribution in [2.75, 3.05) is 0 Å². The lowest BCUT2D eigenvalue weighted by Crippen LogP contribution is -2.16. The quantitative estimate of drug-likeness (QED) is 0.759. The molecule has 2 radical (unpaired) electrons. The van der Waals surface area contributed by atoms with Crippen molar-refractivity contribution < 1.29 is 0 Å². The second-order valence-corrected chi connectivity index (χ2v) is 5.78. The number of nitrogens with zero attached hydrogens (tertiary/aromatic N) is 2. The van der Waals surface area contributed by atoms with E-state index >= 15 is 0 Å². The second-order valence-electron chi connectivity index (χ2n) is 4.84. The maximum absolute atomic E-state index is 4.57. The number of rotatable bonds is 1. The van der Waals surface area contributed by atoms with E-state index in [0.717, 1.165) is 24.2 Å². The summed E-state index contributed by atoms with van der Waals surface area (Å²) in [7, 11) is 0. The monoisotopic (exact) mass is 264 g/mol. The van der Waals surface area contributed by atoms with E-state index in [1.54, 1.807) is 11.3 Å². The van der Waals surface area contributed by atoms with Crippen molar-refractivity contribution >= 4 is 27.1 Å². The Balaban J connectivity index is 1.69. The minimum absolute atomic E-state index is 0.186. The third-order valence-corrected chi connectivity index (χ3v) is 4.48. The lowest BCUT2D eigenvalue weighted by atomic mass is 9.87. The van der Waals surface area contributed by atoms with Gasteiger partial charge in [-0.05, 0) is 34.9 Å². The number of allylic oxidation sites excluding steroid dienone is 4. The Hall–Kier alpha value is -1.74. The standard InChI is InChI=1S/C16H12N2S/c1-2-4-14-11(3-1)7-13(9-17-14)15-8-12-5-6-19-16(12)10-18-15/h1-3,5-6,8,10,13H,4,7H2. The van der Waals surface area contributed by atoms with Crippen molar-refractivity contribution in [3.8, 4) is 0 Å². The number of hydrogen-bond acceptors (Lipinski definition) is 3. The van der Waals surface area contributed by atoms with Gasteiger partial charge in [-0.15, -0.1) is 11.3 Å². The molecule has 1 aliphatic carbocycles. The molecule has 1 aliphatic heterocycles. The molecule has 2 aromatic heterocycles. The number of hydrogen-bond donors (Lipinski definition) is 0. The van der Waals surface area contributed by atoms with Gasteiger partial charge in [0.1, 0.15) is 6.54 Å². The van der Waals surface area contributed by atoms with Crippen molar-refractivity contribution in [3.63, 3.8) is 0 Å². The summed E-state index contributed by atoms with van der Waals surface area (Å²) in [6.45, 7) is 3.25. The third kappa shape index (κ3) is 1.94. The van der Waals surface area contributed by atoms with E-state index in [9.17, 15) is 0 Å². The lowest BCUT2D eigenvalue weighted by molar-refractivity contribution is 0.731. The Kier molecular flexibility index (Phi) is 2.59. The van der Waals surface area contributed by atoms with Crippen molar-refractivity contribution in [2.24, 2.45) is 4.99 Å². The van der Waals surface area contributed by atoms with Gasteiger partial charge < -0.3 is 0 Å². The van der Waals surface area contributed by atoms with Gasteiger partial charge in [0.2, 0.25) is 0 Å². The van der Waals surface area contributed by atoms with E-state index in [1.807, 2.05) is 6.20 Å². The molecule has 92 valence electrons. The maximum Gasteiger partial charge on any atom is 0.126 e. The van der Waals surface area contributed by atoms with Crippen LogP contribution >= 0.6 is 11.3 Å². The van der Waals surface area contributed by atoms with Crippen molar-refractivity contribution in [3.05, 3.63) is 59.7 Å². The molecule has 0 fully saturated rings. The Morgan fingerprint density at radius 2 is 2.37 bits per heavy atom. The van der Waals surface area contributed by atoms with E-state index in [0.29, 0.717) is 0 Å². The van der Waals surface area contributed by atoms with Crippen molar-refractivity contribution in [1.82, 2.24) is 4.98 Å². The van der Waals surface area contributed by atoms with Crippen LogP contribution in [0.5, 0.6) is 0 Å². The summed E-state index contributed by atoms with van der Waals surface area (Å²) in [5.74, 6) is 0.186. The summed E-state index contributed by atoms with van der Waals surface area (Å²) in [5, 5.41) is 3.37. The zero-order chi connectivity index (χ0) is 12.7. The number of fused-ring (bicyclic) bond motifs is 2. The van der Waals surface area contributed by atoms with Crippen LogP contribution in [0.25, 0.3) is 10.1 Å². The van der Waals surface area contributed by atoms with Gasteiger partial charge in [-0.3, -0.25) is 9.98 Å². The molecule has 0 N–H and O–H groups in total. The molecule has 0 bridgehead atoms. The molecule has 1 unspecified atom stereocenters. The minimum Gasteiger partial charge on any atom is -0.276 e. The zero-order valence-electron chi connectivity index (χ0n) is 10.3. The molecular formula is C16H12N2S. The molecule has 0 saturated heterocycles. The maximum atomic E-state index is 4.57. The van der Waals surface area contributed by atoms with Gasteiger partial charge in [0, 0.05) is 29.9 Å². The molecule has 4 rings (SSSR count). The van der Waals surface area contributed by atoms with E-state index in [4.69, 9.17) is 0 Å². The van der Waals surface area contributed by atoms with E-state index in [1.165, 1.54) is 15.7 Å². The normalized spacial score (nSPS) is 22.0. The molecule has 1 atom stereocenters. The fraction of sp³-hybridized carbons (Fsp3) is 0.188. The van der Waals surface area contributed by atoms with Gasteiger partial charge in [-0.2, -0.15) is 0 Å². The van der Waals surface area contributed by atoms with Crippen LogP contribution in [0.3, 0.4) is 0 Å². The van der Waals surface area contributed by atoms with Gasteiger partial charge in [0.25, 0.3) is 0 Å². The summed E-state index contributed by atoms with van der Waals surface area (Å²) >= 11 is 1.73. The Morgan fingerprint density at radius 1 is 1.37 bits per heavy atom. The van der Waals surface area contributed by atoms with Gasteiger partial charge in [-0.25, -0.2) is 0 Å². The lowest BCUT2D eigenvalue weighted by Gasteiger charge is -2.23. The third-order valence-electron chi connectivity index (χ3n) is 3.61. The molecule has 2 aromatic rings. The SMILES string of the molecule is [C]1N=C2CC=CC=C2CC1c1cc2ccsc2cn1. The Labute approximate surface area is 116 Å². The number of pyridine rings is 1. The first-order valence-electron chi connectivity index (χ1n) is 6.41. The molecule has 3 heterocycles.